The molecule has 234 valence electrons. The van der Waals surface area contributed by atoms with E-state index in [1.807, 2.05) is 78.9 Å². The van der Waals surface area contributed by atoms with Crippen molar-refractivity contribution in [2.24, 2.45) is 0 Å². The summed E-state index contributed by atoms with van der Waals surface area (Å²) >= 11 is 1.24. The molecule has 0 aliphatic carbocycles. The normalized spacial score (nSPS) is 11.7. The van der Waals surface area contributed by atoms with E-state index in [1.165, 1.54) is 29.5 Å². The summed E-state index contributed by atoms with van der Waals surface area (Å²) in [7, 11) is 1.62. The first-order valence-electron chi connectivity index (χ1n) is 14.5. The number of nitrogens with zero attached hydrogens (tertiary/aromatic N) is 2. The number of pyridine rings is 1. The number of ether oxygens (including phenoxy) is 2. The number of aromatic carboxylic acids is 1. The third-order valence-electron chi connectivity index (χ3n) is 7.81. The summed E-state index contributed by atoms with van der Waals surface area (Å²) < 4.78 is 51.0. The second-order valence-electron chi connectivity index (χ2n) is 10.8. The summed E-state index contributed by atoms with van der Waals surface area (Å²) in [6, 6.07) is 34.6. The van der Waals surface area contributed by atoms with Gasteiger partial charge < -0.3 is 19.1 Å². The van der Waals surface area contributed by atoms with Crippen LogP contribution >= 0.6 is 11.3 Å². The zero-order valence-electron chi connectivity index (χ0n) is 24.8. The van der Waals surface area contributed by atoms with E-state index in [4.69, 9.17) is 9.72 Å². The Morgan fingerprint density at radius 2 is 1.60 bits per heavy atom. The fraction of sp³-hybridized carbons (Fsp3) is 0.0811. The van der Waals surface area contributed by atoms with E-state index in [0.717, 1.165) is 49.3 Å². The van der Waals surface area contributed by atoms with Crippen LogP contribution in [-0.2, 0) is 6.54 Å². The molecule has 0 saturated heterocycles. The van der Waals surface area contributed by atoms with Gasteiger partial charge in [0.15, 0.2) is 0 Å². The van der Waals surface area contributed by atoms with E-state index in [9.17, 15) is 23.1 Å². The summed E-state index contributed by atoms with van der Waals surface area (Å²) in [5.74, 6) is -0.582. The topological polar surface area (TPSA) is 73.6 Å². The highest BCUT2D eigenvalue weighted by Gasteiger charge is 2.31. The number of rotatable bonds is 8. The van der Waals surface area contributed by atoms with Gasteiger partial charge in [-0.1, -0.05) is 66.7 Å². The summed E-state index contributed by atoms with van der Waals surface area (Å²) in [4.78, 5) is 17.1. The molecule has 0 spiro atoms. The molecule has 0 amide bonds. The molecule has 0 bridgehead atoms. The molecule has 0 aliphatic heterocycles. The minimum Gasteiger partial charge on any atom is -0.497 e. The Morgan fingerprint density at radius 1 is 0.830 bits per heavy atom. The van der Waals surface area contributed by atoms with Crippen molar-refractivity contribution in [1.82, 2.24) is 9.55 Å². The highest BCUT2D eigenvalue weighted by atomic mass is 32.1. The molecular weight excluding hydrogens is 625 g/mol. The number of halogens is 3. The first-order valence-corrected chi connectivity index (χ1v) is 15.3. The van der Waals surface area contributed by atoms with Crippen LogP contribution in [0.2, 0.25) is 0 Å². The van der Waals surface area contributed by atoms with E-state index in [0.29, 0.717) is 23.3 Å². The molecule has 0 aliphatic rings. The van der Waals surface area contributed by atoms with Gasteiger partial charge in [0, 0.05) is 23.1 Å². The van der Waals surface area contributed by atoms with Crippen molar-refractivity contribution in [2.75, 3.05) is 7.11 Å². The lowest BCUT2D eigenvalue weighted by Gasteiger charge is -2.15. The number of aromatic nitrogens is 2. The molecular formula is C37H25F3N2O4S. The second kappa shape index (κ2) is 12.0. The molecule has 0 fully saturated rings. The molecule has 4 aromatic carbocycles. The van der Waals surface area contributed by atoms with Crippen LogP contribution in [0.25, 0.3) is 54.8 Å². The lowest BCUT2D eigenvalue weighted by atomic mass is 9.99. The van der Waals surface area contributed by atoms with E-state index < -0.39 is 12.3 Å². The standard InChI is InChI=1S/C37H25F3N2O4S/c1-45-27-11-5-7-22(17-27)21-42-31-20-32(36(43)44)47-35(31)33(23-8-3-2-4-9-23)34(42)26-14-16-30-25(18-26)13-15-29(41-30)24-10-6-12-28(19-24)46-37(38,39)40/h2-20H,21H2,1H3,(H,43,44). The zero-order valence-corrected chi connectivity index (χ0v) is 25.6. The summed E-state index contributed by atoms with van der Waals surface area (Å²) in [5.41, 5.74) is 7.13. The molecule has 0 atom stereocenters. The zero-order chi connectivity index (χ0) is 32.7. The van der Waals surface area contributed by atoms with Crippen molar-refractivity contribution >= 4 is 38.4 Å². The van der Waals surface area contributed by atoms with Crippen LogP contribution in [-0.4, -0.2) is 34.1 Å². The summed E-state index contributed by atoms with van der Waals surface area (Å²) in [6.45, 7) is 0.456. The SMILES string of the molecule is COc1cccc(Cn2c(-c3ccc4nc(-c5cccc(OC(F)(F)F)c5)ccc4c3)c(-c3ccccc3)c3sc(C(=O)O)cc32)c1. The van der Waals surface area contributed by atoms with Crippen molar-refractivity contribution in [3.63, 3.8) is 0 Å². The van der Waals surface area contributed by atoms with Crippen molar-refractivity contribution < 1.29 is 32.5 Å². The number of benzene rings is 4. The van der Waals surface area contributed by atoms with Crippen LogP contribution in [0.15, 0.2) is 115 Å². The maximum atomic E-state index is 12.8. The van der Waals surface area contributed by atoms with Crippen LogP contribution in [0, 0.1) is 0 Å². The Morgan fingerprint density at radius 3 is 2.36 bits per heavy atom. The average molecular weight is 651 g/mol. The number of carboxylic acids is 1. The Bertz CT molecular complexity index is 2280. The average Bonchev–Trinajstić information content (AvgIpc) is 3.62. The Balaban J connectivity index is 1.39. The molecule has 10 heteroatoms. The van der Waals surface area contributed by atoms with E-state index in [1.54, 1.807) is 25.3 Å². The van der Waals surface area contributed by atoms with Gasteiger partial charge in [0.05, 0.1) is 34.2 Å². The second-order valence-corrected chi connectivity index (χ2v) is 11.9. The maximum Gasteiger partial charge on any atom is 0.573 e. The molecule has 7 aromatic rings. The Kier molecular flexibility index (Phi) is 7.65. The van der Waals surface area contributed by atoms with Gasteiger partial charge in [-0.3, -0.25) is 0 Å². The molecule has 3 aromatic heterocycles. The van der Waals surface area contributed by atoms with Gasteiger partial charge in [-0.15, -0.1) is 24.5 Å². The quantitative estimate of drug-likeness (QED) is 0.177. The van der Waals surface area contributed by atoms with Crippen LogP contribution < -0.4 is 9.47 Å². The monoisotopic (exact) mass is 650 g/mol. The van der Waals surface area contributed by atoms with Gasteiger partial charge in [0.2, 0.25) is 0 Å². The van der Waals surface area contributed by atoms with E-state index >= 15 is 0 Å². The lowest BCUT2D eigenvalue weighted by Crippen LogP contribution is -2.17. The van der Waals surface area contributed by atoms with Crippen molar-refractivity contribution in [3.05, 3.63) is 126 Å². The maximum absolute atomic E-state index is 12.8. The first-order chi connectivity index (χ1) is 22.7. The number of carboxylic acid groups (broad SMARTS) is 1. The van der Waals surface area contributed by atoms with Gasteiger partial charge in [0.25, 0.3) is 0 Å². The van der Waals surface area contributed by atoms with E-state index in [-0.39, 0.29) is 10.6 Å². The highest BCUT2D eigenvalue weighted by Crippen LogP contribution is 2.45. The number of methoxy groups -OCH3 is 1. The van der Waals surface area contributed by atoms with Crippen LogP contribution in [0.4, 0.5) is 13.2 Å². The lowest BCUT2D eigenvalue weighted by molar-refractivity contribution is -0.274. The Hall–Kier alpha value is -5.61. The molecule has 0 unspecified atom stereocenters. The summed E-state index contributed by atoms with van der Waals surface area (Å²) in [5, 5.41) is 10.7. The van der Waals surface area contributed by atoms with Crippen LogP contribution in [0.5, 0.6) is 11.5 Å². The third kappa shape index (κ3) is 6.03. The van der Waals surface area contributed by atoms with E-state index in [2.05, 4.69) is 9.30 Å². The fourth-order valence-corrected chi connectivity index (χ4v) is 6.87. The number of thiophene rings is 1. The number of carbonyl (C=O) groups is 1. The molecule has 7 rings (SSSR count). The van der Waals surface area contributed by atoms with Gasteiger partial charge >= 0.3 is 12.3 Å². The molecule has 0 radical (unpaired) electrons. The van der Waals surface area contributed by atoms with Crippen LogP contribution in [0.1, 0.15) is 15.2 Å². The largest absolute Gasteiger partial charge is 0.573 e. The molecule has 1 N–H and O–H groups in total. The minimum absolute atomic E-state index is 0.248. The van der Waals surface area contributed by atoms with Crippen molar-refractivity contribution in [2.45, 2.75) is 12.9 Å². The predicted molar refractivity (Wildman–Crippen MR) is 177 cm³/mol. The number of fused-ring (bicyclic) bond motifs is 2. The smallest absolute Gasteiger partial charge is 0.497 e. The predicted octanol–water partition coefficient (Wildman–Crippen LogP) is 9.91. The van der Waals surface area contributed by atoms with Crippen molar-refractivity contribution in [1.29, 1.82) is 0 Å². The van der Waals surface area contributed by atoms with Crippen molar-refractivity contribution in [3.8, 4) is 45.1 Å². The third-order valence-corrected chi connectivity index (χ3v) is 8.94. The van der Waals surface area contributed by atoms with Gasteiger partial charge in [-0.25, -0.2) is 9.78 Å². The first kappa shape index (κ1) is 30.1. The minimum atomic E-state index is -4.79. The molecule has 6 nitrogen and oxygen atoms in total. The van der Waals surface area contributed by atoms with Crippen LogP contribution in [0.3, 0.4) is 0 Å². The summed E-state index contributed by atoms with van der Waals surface area (Å²) in [6.07, 6.45) is -4.79. The number of alkyl halides is 3. The van der Waals surface area contributed by atoms with Gasteiger partial charge in [0.1, 0.15) is 16.4 Å². The van der Waals surface area contributed by atoms with Gasteiger partial charge in [-0.05, 0) is 65.2 Å². The highest BCUT2D eigenvalue weighted by molar-refractivity contribution is 7.21. The molecule has 3 heterocycles. The van der Waals surface area contributed by atoms with Gasteiger partial charge in [-0.2, -0.15) is 0 Å². The Labute approximate surface area is 270 Å². The molecule has 47 heavy (non-hydrogen) atoms. The molecule has 0 saturated carbocycles. The fourth-order valence-electron chi connectivity index (χ4n) is 5.81. The number of hydrogen-bond acceptors (Lipinski definition) is 5. The number of hydrogen-bond donors (Lipinski definition) is 1.